The fourth-order valence-corrected chi connectivity index (χ4v) is 5.78. The van der Waals surface area contributed by atoms with E-state index in [1.165, 1.54) is 35.6 Å². The van der Waals surface area contributed by atoms with Crippen LogP contribution >= 0.6 is 23.2 Å². The number of rotatable bonds is 10. The molecule has 1 aliphatic rings. The lowest BCUT2D eigenvalue weighted by molar-refractivity contribution is 0.0946. The molecule has 0 atom stereocenters. The maximum atomic E-state index is 13.1. The van der Waals surface area contributed by atoms with E-state index in [4.69, 9.17) is 28.9 Å². The first-order valence-electron chi connectivity index (χ1n) is 15.2. The zero-order valence-electron chi connectivity index (χ0n) is 25.7. The Labute approximate surface area is 281 Å². The number of aryl methyl sites for hydroxylation is 1. The van der Waals surface area contributed by atoms with Crippen molar-refractivity contribution in [2.24, 2.45) is 5.73 Å². The van der Waals surface area contributed by atoms with Crippen molar-refractivity contribution >= 4 is 52.4 Å². The second kappa shape index (κ2) is 15.2. The van der Waals surface area contributed by atoms with Crippen molar-refractivity contribution in [2.45, 2.75) is 32.7 Å². The first-order chi connectivity index (χ1) is 22.6. The number of amides is 4. The Kier molecular flexibility index (Phi) is 10.9. The summed E-state index contributed by atoms with van der Waals surface area (Å²) in [5.41, 5.74) is 8.03. The molecule has 2 aromatic carbocycles. The number of primary amides is 1. The number of nitrogens with two attached hydrogens (primary N) is 1. The number of anilines is 2. The lowest BCUT2D eigenvalue weighted by Gasteiger charge is -2.26. The largest absolute Gasteiger partial charge is 0.366 e. The number of carbonyl (C=O) groups is 3. The molecule has 47 heavy (non-hydrogen) atoms. The number of piperidine rings is 1. The SMILES string of the molecule is CCn1nc(-c2cccc(-c3cc(C(N)=O)cc(C(=O)NCCN4CCCCC4)c3)c2)cc(NC(=O)Nc2c(Cl)cncc2Cl)c1=O. The number of nitrogens with zero attached hydrogens (tertiary/aromatic N) is 4. The molecule has 0 spiro atoms. The van der Waals surface area contributed by atoms with Crippen LogP contribution in [0.2, 0.25) is 10.0 Å². The van der Waals surface area contributed by atoms with Gasteiger partial charge in [0, 0.05) is 48.7 Å². The Morgan fingerprint density at radius 3 is 2.30 bits per heavy atom. The maximum absolute atomic E-state index is 13.1. The summed E-state index contributed by atoms with van der Waals surface area (Å²) in [6.45, 7) is 5.29. The first-order valence-corrected chi connectivity index (χ1v) is 15.9. The average Bonchev–Trinajstić information content (AvgIpc) is 3.07. The summed E-state index contributed by atoms with van der Waals surface area (Å²) in [7, 11) is 0. The van der Waals surface area contributed by atoms with E-state index in [0.29, 0.717) is 34.5 Å². The van der Waals surface area contributed by atoms with Gasteiger partial charge in [0.2, 0.25) is 5.91 Å². The molecule has 0 unspecified atom stereocenters. The van der Waals surface area contributed by atoms with E-state index in [2.05, 4.69) is 30.9 Å². The number of aromatic nitrogens is 3. The lowest BCUT2D eigenvalue weighted by Crippen LogP contribution is -2.37. The molecule has 0 bridgehead atoms. The second-order valence-electron chi connectivity index (χ2n) is 11.0. The summed E-state index contributed by atoms with van der Waals surface area (Å²) >= 11 is 12.2. The number of pyridine rings is 1. The van der Waals surface area contributed by atoms with Crippen LogP contribution in [0.1, 0.15) is 46.9 Å². The van der Waals surface area contributed by atoms with Crippen LogP contribution in [0, 0.1) is 0 Å². The zero-order chi connectivity index (χ0) is 33.5. The van der Waals surface area contributed by atoms with Crippen molar-refractivity contribution in [3.63, 3.8) is 0 Å². The van der Waals surface area contributed by atoms with Crippen LogP contribution in [-0.2, 0) is 6.54 Å². The predicted octanol–water partition coefficient (Wildman–Crippen LogP) is 5.26. The van der Waals surface area contributed by atoms with Crippen molar-refractivity contribution in [1.82, 2.24) is 25.0 Å². The number of carbonyl (C=O) groups excluding carboxylic acids is 3. The van der Waals surface area contributed by atoms with Crippen LogP contribution in [0.15, 0.2) is 65.7 Å². The van der Waals surface area contributed by atoms with Crippen LogP contribution in [-0.4, -0.2) is 63.7 Å². The average molecular weight is 678 g/mol. The molecule has 0 saturated carbocycles. The Balaban J connectivity index is 1.41. The van der Waals surface area contributed by atoms with Gasteiger partial charge >= 0.3 is 6.03 Å². The Morgan fingerprint density at radius 1 is 0.894 bits per heavy atom. The van der Waals surface area contributed by atoms with E-state index in [0.717, 1.165) is 32.5 Å². The van der Waals surface area contributed by atoms with Gasteiger partial charge in [-0.2, -0.15) is 5.10 Å². The van der Waals surface area contributed by atoms with Gasteiger partial charge in [0.15, 0.2) is 0 Å². The van der Waals surface area contributed by atoms with E-state index in [9.17, 15) is 19.2 Å². The fourth-order valence-electron chi connectivity index (χ4n) is 5.32. The monoisotopic (exact) mass is 676 g/mol. The van der Waals surface area contributed by atoms with E-state index < -0.39 is 17.5 Å². The molecule has 5 rings (SSSR count). The number of nitrogens with one attached hydrogen (secondary N) is 3. The molecular weight excluding hydrogens is 643 g/mol. The Morgan fingerprint density at radius 2 is 1.60 bits per heavy atom. The van der Waals surface area contributed by atoms with Gasteiger partial charge in [0.05, 0.1) is 21.4 Å². The van der Waals surface area contributed by atoms with Crippen LogP contribution in [0.5, 0.6) is 0 Å². The molecule has 0 radical (unpaired) electrons. The zero-order valence-corrected chi connectivity index (χ0v) is 27.2. The van der Waals surface area contributed by atoms with E-state index in [-0.39, 0.29) is 39.4 Å². The minimum atomic E-state index is -0.740. The summed E-state index contributed by atoms with van der Waals surface area (Å²) in [6, 6.07) is 12.8. The van der Waals surface area contributed by atoms with Gasteiger partial charge in [0.25, 0.3) is 11.5 Å². The van der Waals surface area contributed by atoms with Gasteiger partial charge in [-0.15, -0.1) is 0 Å². The van der Waals surface area contributed by atoms with Gasteiger partial charge < -0.3 is 26.6 Å². The molecule has 12 nitrogen and oxygen atoms in total. The number of hydrogen-bond acceptors (Lipinski definition) is 7. The number of likely N-dealkylation sites (tertiary alicyclic amines) is 1. The van der Waals surface area contributed by atoms with Crippen molar-refractivity contribution in [3.8, 4) is 22.4 Å². The first kappa shape index (κ1) is 33.6. The highest BCUT2D eigenvalue weighted by atomic mass is 35.5. The van der Waals surface area contributed by atoms with Crippen LogP contribution in [0.25, 0.3) is 22.4 Å². The molecule has 1 saturated heterocycles. The molecule has 2 aromatic heterocycles. The van der Waals surface area contributed by atoms with Gasteiger partial charge in [-0.1, -0.05) is 47.8 Å². The Bertz CT molecular complexity index is 1850. The maximum Gasteiger partial charge on any atom is 0.323 e. The second-order valence-corrected chi connectivity index (χ2v) is 11.8. The van der Waals surface area contributed by atoms with Crippen LogP contribution < -0.4 is 27.2 Å². The van der Waals surface area contributed by atoms with Crippen molar-refractivity contribution in [1.29, 1.82) is 0 Å². The highest BCUT2D eigenvalue weighted by Gasteiger charge is 2.17. The number of benzene rings is 2. The highest BCUT2D eigenvalue weighted by molar-refractivity contribution is 6.39. The summed E-state index contributed by atoms with van der Waals surface area (Å²) < 4.78 is 1.23. The molecule has 3 heterocycles. The van der Waals surface area contributed by atoms with Crippen molar-refractivity contribution < 1.29 is 14.4 Å². The van der Waals surface area contributed by atoms with E-state index in [1.807, 2.05) is 12.1 Å². The van der Waals surface area contributed by atoms with Gasteiger partial charge in [-0.3, -0.25) is 19.4 Å². The summed E-state index contributed by atoms with van der Waals surface area (Å²) in [5.74, 6) is -0.965. The number of hydrogen-bond donors (Lipinski definition) is 4. The molecule has 4 aromatic rings. The van der Waals surface area contributed by atoms with Gasteiger partial charge in [0.1, 0.15) is 5.69 Å². The van der Waals surface area contributed by atoms with Crippen LogP contribution in [0.4, 0.5) is 16.2 Å². The third-order valence-corrected chi connectivity index (χ3v) is 8.32. The van der Waals surface area contributed by atoms with E-state index >= 15 is 0 Å². The number of urea groups is 1. The normalized spacial score (nSPS) is 13.2. The molecule has 244 valence electrons. The predicted molar refractivity (Wildman–Crippen MR) is 183 cm³/mol. The minimum Gasteiger partial charge on any atom is -0.366 e. The third-order valence-electron chi connectivity index (χ3n) is 7.75. The molecule has 1 aliphatic heterocycles. The van der Waals surface area contributed by atoms with Gasteiger partial charge in [-0.05, 0) is 74.3 Å². The Hall–Kier alpha value is -4.78. The summed E-state index contributed by atoms with van der Waals surface area (Å²) in [4.78, 5) is 57.5. The van der Waals surface area contributed by atoms with Crippen molar-refractivity contribution in [3.05, 3.63) is 92.5 Å². The molecule has 14 heteroatoms. The van der Waals surface area contributed by atoms with Crippen molar-refractivity contribution in [2.75, 3.05) is 36.8 Å². The van der Waals surface area contributed by atoms with E-state index in [1.54, 1.807) is 31.2 Å². The molecule has 5 N–H and O–H groups in total. The quantitative estimate of drug-likeness (QED) is 0.178. The standard InChI is InChI=1S/C33H34Cl2N8O4/c1-2-43-32(46)28(39-33(47)40-29-25(34)18-37-19-26(29)35)17-27(41-43)21-8-6-7-20(13-21)22-14-23(30(36)44)16-24(15-22)31(45)38-9-12-42-10-4-3-5-11-42/h6-8,13-19H,2-5,9-12H2,1H3,(H2,36,44)(H,38,45)(H2,37,39,40,47). The molecule has 1 fully saturated rings. The fraction of sp³-hybridized carbons (Fsp3) is 0.273. The smallest absolute Gasteiger partial charge is 0.323 e. The third kappa shape index (κ3) is 8.33. The minimum absolute atomic E-state index is 0.0275. The molecule has 0 aliphatic carbocycles. The highest BCUT2D eigenvalue weighted by Crippen LogP contribution is 2.30. The summed E-state index contributed by atoms with van der Waals surface area (Å²) in [5, 5.41) is 12.8. The molecular formula is C33H34Cl2N8O4. The van der Waals surface area contributed by atoms with Crippen LogP contribution in [0.3, 0.4) is 0 Å². The molecule has 4 amide bonds. The summed E-state index contributed by atoms with van der Waals surface area (Å²) in [6.07, 6.45) is 6.22. The topological polar surface area (TPSA) is 164 Å². The van der Waals surface area contributed by atoms with Gasteiger partial charge in [-0.25, -0.2) is 9.48 Å². The number of halogens is 2. The lowest BCUT2D eigenvalue weighted by atomic mass is 9.97.